The van der Waals surface area contributed by atoms with Gasteiger partial charge in [0.1, 0.15) is 11.9 Å². The first-order chi connectivity index (χ1) is 11.3. The predicted molar refractivity (Wildman–Crippen MR) is 83.1 cm³/mol. The van der Waals surface area contributed by atoms with Crippen molar-refractivity contribution in [2.24, 2.45) is 0 Å². The van der Waals surface area contributed by atoms with Crippen molar-refractivity contribution in [3.8, 4) is 0 Å². The van der Waals surface area contributed by atoms with E-state index in [1.807, 2.05) is 23.0 Å². The van der Waals surface area contributed by atoms with E-state index in [-0.39, 0.29) is 12.1 Å². The van der Waals surface area contributed by atoms with E-state index >= 15 is 0 Å². The number of nitrogens with zero attached hydrogens (tertiary/aromatic N) is 3. The third kappa shape index (κ3) is 2.96. The number of aromatic nitrogens is 2. The summed E-state index contributed by atoms with van der Waals surface area (Å²) in [6, 6.07) is 4.06. The van der Waals surface area contributed by atoms with Crippen molar-refractivity contribution in [3.05, 3.63) is 36.5 Å². The second kappa shape index (κ2) is 6.08. The van der Waals surface area contributed by atoms with Crippen molar-refractivity contribution < 1.29 is 13.9 Å². The molecule has 2 fully saturated rings. The van der Waals surface area contributed by atoms with Gasteiger partial charge in [-0.15, -0.1) is 0 Å². The molecule has 0 bridgehead atoms. The van der Waals surface area contributed by atoms with Crippen molar-refractivity contribution in [2.45, 2.75) is 31.4 Å². The SMILES string of the molecule is O=C(Nc1cnn(C2CCC2)c1)N1CCOC(c2ccco2)C1. The average molecular weight is 316 g/mol. The molecule has 2 amide bonds. The molecule has 3 heterocycles. The van der Waals surface area contributed by atoms with Crippen LogP contribution in [0.3, 0.4) is 0 Å². The molecule has 0 spiro atoms. The Kier molecular flexibility index (Phi) is 3.78. The normalized spacial score (nSPS) is 21.9. The van der Waals surface area contributed by atoms with Crippen molar-refractivity contribution in [1.29, 1.82) is 0 Å². The Balaban J connectivity index is 1.37. The topological polar surface area (TPSA) is 72.5 Å². The fourth-order valence-corrected chi connectivity index (χ4v) is 2.94. The zero-order chi connectivity index (χ0) is 15.6. The summed E-state index contributed by atoms with van der Waals surface area (Å²) >= 11 is 0. The summed E-state index contributed by atoms with van der Waals surface area (Å²) in [6.45, 7) is 1.55. The maximum absolute atomic E-state index is 12.4. The molecule has 1 aliphatic heterocycles. The van der Waals surface area contributed by atoms with Gasteiger partial charge in [-0.1, -0.05) is 0 Å². The van der Waals surface area contributed by atoms with Crippen LogP contribution >= 0.6 is 0 Å². The standard InChI is InChI=1S/C16H20N4O3/c21-16(18-12-9-17-20(10-12)13-3-1-4-13)19-6-8-23-15(11-19)14-5-2-7-22-14/h2,5,7,9-10,13,15H,1,3-4,6,8,11H2,(H,18,21). The molecule has 2 aliphatic rings. The van der Waals surface area contributed by atoms with Crippen LogP contribution < -0.4 is 5.32 Å². The number of carbonyl (C=O) groups excluding carboxylic acids is 1. The Labute approximate surface area is 134 Å². The van der Waals surface area contributed by atoms with E-state index in [0.717, 1.165) is 11.4 Å². The van der Waals surface area contributed by atoms with Crippen LogP contribution in [0.4, 0.5) is 10.5 Å². The molecule has 7 heteroatoms. The van der Waals surface area contributed by atoms with Crippen LogP contribution in [0.25, 0.3) is 0 Å². The first-order valence-electron chi connectivity index (χ1n) is 8.05. The van der Waals surface area contributed by atoms with Gasteiger partial charge in [-0.3, -0.25) is 4.68 Å². The van der Waals surface area contributed by atoms with E-state index in [2.05, 4.69) is 10.4 Å². The number of ether oxygens (including phenoxy) is 1. The third-order valence-electron chi connectivity index (χ3n) is 4.52. The summed E-state index contributed by atoms with van der Waals surface area (Å²) in [7, 11) is 0. The van der Waals surface area contributed by atoms with Gasteiger partial charge in [-0.05, 0) is 31.4 Å². The maximum atomic E-state index is 12.4. The Bertz CT molecular complexity index is 663. The highest BCUT2D eigenvalue weighted by atomic mass is 16.5. The van der Waals surface area contributed by atoms with Crippen molar-refractivity contribution in [3.63, 3.8) is 0 Å². The van der Waals surface area contributed by atoms with Crippen LogP contribution in [0.2, 0.25) is 0 Å². The smallest absolute Gasteiger partial charge is 0.322 e. The average Bonchev–Trinajstić information content (AvgIpc) is 3.18. The summed E-state index contributed by atoms with van der Waals surface area (Å²) in [5, 5.41) is 7.25. The van der Waals surface area contributed by atoms with Gasteiger partial charge in [-0.2, -0.15) is 5.10 Å². The van der Waals surface area contributed by atoms with Gasteiger partial charge in [0.15, 0.2) is 0 Å². The zero-order valence-electron chi connectivity index (χ0n) is 12.9. The molecule has 0 radical (unpaired) electrons. The largest absolute Gasteiger partial charge is 0.467 e. The Morgan fingerprint density at radius 3 is 3.04 bits per heavy atom. The van der Waals surface area contributed by atoms with Crippen LogP contribution in [0.5, 0.6) is 0 Å². The van der Waals surface area contributed by atoms with E-state index in [0.29, 0.717) is 25.7 Å². The lowest BCUT2D eigenvalue weighted by atomic mass is 9.93. The number of amides is 2. The lowest BCUT2D eigenvalue weighted by molar-refractivity contribution is -0.0242. The number of carbonyl (C=O) groups is 1. The molecule has 0 aromatic carbocycles. The number of anilines is 1. The van der Waals surface area contributed by atoms with Crippen molar-refractivity contribution in [2.75, 3.05) is 25.0 Å². The lowest BCUT2D eigenvalue weighted by Gasteiger charge is -2.31. The highest BCUT2D eigenvalue weighted by molar-refractivity contribution is 5.89. The minimum atomic E-state index is -0.206. The monoisotopic (exact) mass is 316 g/mol. The van der Waals surface area contributed by atoms with Gasteiger partial charge in [-0.25, -0.2) is 4.79 Å². The number of furan rings is 1. The van der Waals surface area contributed by atoms with Crippen LogP contribution in [0, 0.1) is 0 Å². The molecule has 1 atom stereocenters. The Hall–Kier alpha value is -2.28. The second-order valence-electron chi connectivity index (χ2n) is 6.04. The van der Waals surface area contributed by atoms with E-state index in [9.17, 15) is 4.79 Å². The first-order valence-corrected chi connectivity index (χ1v) is 8.05. The molecule has 1 aliphatic carbocycles. The van der Waals surface area contributed by atoms with E-state index in [1.165, 1.54) is 19.3 Å². The second-order valence-corrected chi connectivity index (χ2v) is 6.04. The molecule has 1 saturated heterocycles. The lowest BCUT2D eigenvalue weighted by Crippen LogP contribution is -2.44. The van der Waals surface area contributed by atoms with Crippen LogP contribution in [-0.2, 0) is 4.74 Å². The van der Waals surface area contributed by atoms with Crippen LogP contribution in [0.15, 0.2) is 35.2 Å². The first kappa shape index (κ1) is 14.3. The highest BCUT2D eigenvalue weighted by Crippen LogP contribution is 2.31. The summed E-state index contributed by atoms with van der Waals surface area (Å²) in [4.78, 5) is 14.2. The van der Waals surface area contributed by atoms with Gasteiger partial charge in [0.05, 0.1) is 37.3 Å². The zero-order valence-corrected chi connectivity index (χ0v) is 12.9. The van der Waals surface area contributed by atoms with Gasteiger partial charge >= 0.3 is 6.03 Å². The summed E-state index contributed by atoms with van der Waals surface area (Å²) in [5.74, 6) is 0.750. The molecular weight excluding hydrogens is 296 g/mol. The summed E-state index contributed by atoms with van der Waals surface area (Å²) in [5.41, 5.74) is 0.739. The van der Waals surface area contributed by atoms with E-state index in [4.69, 9.17) is 9.15 Å². The third-order valence-corrected chi connectivity index (χ3v) is 4.52. The van der Waals surface area contributed by atoms with Gasteiger partial charge in [0.2, 0.25) is 0 Å². The molecule has 2 aromatic rings. The Morgan fingerprint density at radius 2 is 2.30 bits per heavy atom. The minimum absolute atomic E-state index is 0.127. The van der Waals surface area contributed by atoms with Crippen LogP contribution in [0.1, 0.15) is 37.2 Å². The number of hydrogen-bond acceptors (Lipinski definition) is 4. The van der Waals surface area contributed by atoms with Gasteiger partial charge in [0.25, 0.3) is 0 Å². The summed E-state index contributed by atoms with van der Waals surface area (Å²) in [6.07, 6.45) is 8.63. The van der Waals surface area contributed by atoms with Crippen LogP contribution in [-0.4, -0.2) is 40.4 Å². The van der Waals surface area contributed by atoms with Gasteiger partial charge < -0.3 is 19.4 Å². The van der Waals surface area contributed by atoms with Crippen molar-refractivity contribution in [1.82, 2.24) is 14.7 Å². The fourth-order valence-electron chi connectivity index (χ4n) is 2.94. The number of hydrogen-bond donors (Lipinski definition) is 1. The molecule has 2 aromatic heterocycles. The molecule has 4 rings (SSSR count). The number of rotatable bonds is 3. The molecule has 1 saturated carbocycles. The van der Waals surface area contributed by atoms with Gasteiger partial charge in [0, 0.05) is 12.7 Å². The van der Waals surface area contributed by atoms with E-state index in [1.54, 1.807) is 17.4 Å². The number of morpholine rings is 1. The number of urea groups is 1. The molecule has 1 unspecified atom stereocenters. The molecule has 23 heavy (non-hydrogen) atoms. The minimum Gasteiger partial charge on any atom is -0.467 e. The molecule has 7 nitrogen and oxygen atoms in total. The van der Waals surface area contributed by atoms with Crippen molar-refractivity contribution >= 4 is 11.7 Å². The molecule has 122 valence electrons. The molecule has 1 N–H and O–H groups in total. The number of nitrogens with one attached hydrogen (secondary N) is 1. The highest BCUT2D eigenvalue weighted by Gasteiger charge is 2.27. The Morgan fingerprint density at radius 1 is 1.39 bits per heavy atom. The maximum Gasteiger partial charge on any atom is 0.322 e. The van der Waals surface area contributed by atoms with E-state index < -0.39 is 0 Å². The fraction of sp³-hybridized carbons (Fsp3) is 0.500. The molecular formula is C16H20N4O3. The predicted octanol–water partition coefficient (Wildman–Crippen LogP) is 2.81. The summed E-state index contributed by atoms with van der Waals surface area (Å²) < 4.78 is 13.0. The quantitative estimate of drug-likeness (QED) is 0.945.